The number of thioether (sulfide) groups is 1. The molecule has 0 saturated heterocycles. The van der Waals surface area contributed by atoms with Crippen LogP contribution in [0.15, 0.2) is 59.5 Å². The zero-order valence-corrected chi connectivity index (χ0v) is 12.9. The lowest BCUT2D eigenvalue weighted by molar-refractivity contribution is 0.748. The molecular formula is C16H16Cl2S. The molecule has 0 bridgehead atoms. The third-order valence-electron chi connectivity index (χ3n) is 2.98. The standard InChI is InChI=1S/C16H16Cl2S/c17-12-14(13-5-4-6-15(18)11-13)9-10-19-16-7-2-1-3-8-16/h1-8,11,14H,9-10,12H2. The third-order valence-corrected chi connectivity index (χ3v) is 4.64. The average molecular weight is 311 g/mol. The fraction of sp³-hybridized carbons (Fsp3) is 0.250. The van der Waals surface area contributed by atoms with E-state index in [1.807, 2.05) is 36.0 Å². The van der Waals surface area contributed by atoms with Crippen molar-refractivity contribution in [2.45, 2.75) is 17.2 Å². The van der Waals surface area contributed by atoms with Crippen molar-refractivity contribution in [1.29, 1.82) is 0 Å². The maximum atomic E-state index is 6.08. The molecule has 0 heterocycles. The Kier molecular flexibility index (Phi) is 6.09. The van der Waals surface area contributed by atoms with E-state index in [2.05, 4.69) is 30.3 Å². The molecule has 0 fully saturated rings. The van der Waals surface area contributed by atoms with E-state index in [-0.39, 0.29) is 0 Å². The van der Waals surface area contributed by atoms with E-state index >= 15 is 0 Å². The zero-order valence-electron chi connectivity index (χ0n) is 10.6. The van der Waals surface area contributed by atoms with Gasteiger partial charge in [-0.3, -0.25) is 0 Å². The lowest BCUT2D eigenvalue weighted by Gasteiger charge is -2.14. The van der Waals surface area contributed by atoms with E-state index in [1.165, 1.54) is 10.5 Å². The number of alkyl halides is 1. The van der Waals surface area contributed by atoms with Gasteiger partial charge < -0.3 is 0 Å². The highest BCUT2D eigenvalue weighted by atomic mass is 35.5. The Hall–Kier alpha value is -0.630. The summed E-state index contributed by atoms with van der Waals surface area (Å²) in [5, 5.41) is 0.781. The first-order valence-corrected chi connectivity index (χ1v) is 8.18. The van der Waals surface area contributed by atoms with Gasteiger partial charge in [0.15, 0.2) is 0 Å². The monoisotopic (exact) mass is 310 g/mol. The lowest BCUT2D eigenvalue weighted by atomic mass is 9.99. The van der Waals surface area contributed by atoms with Crippen LogP contribution >= 0.6 is 35.0 Å². The van der Waals surface area contributed by atoms with Crippen molar-refractivity contribution in [2.24, 2.45) is 0 Å². The summed E-state index contributed by atoms with van der Waals surface area (Å²) in [6.45, 7) is 0. The third kappa shape index (κ3) is 4.76. The van der Waals surface area contributed by atoms with Gasteiger partial charge in [0, 0.05) is 15.8 Å². The van der Waals surface area contributed by atoms with Crippen molar-refractivity contribution in [1.82, 2.24) is 0 Å². The summed E-state index contributed by atoms with van der Waals surface area (Å²) < 4.78 is 0. The van der Waals surface area contributed by atoms with Crippen molar-refractivity contribution in [2.75, 3.05) is 11.6 Å². The van der Waals surface area contributed by atoms with E-state index in [4.69, 9.17) is 23.2 Å². The molecule has 0 amide bonds. The summed E-state index contributed by atoms with van der Waals surface area (Å²) in [6.07, 6.45) is 1.06. The number of rotatable bonds is 6. The predicted molar refractivity (Wildman–Crippen MR) is 86.7 cm³/mol. The number of halogens is 2. The first-order valence-electron chi connectivity index (χ1n) is 6.29. The maximum absolute atomic E-state index is 6.08. The molecule has 1 unspecified atom stereocenters. The van der Waals surface area contributed by atoms with Crippen LogP contribution in [-0.4, -0.2) is 11.6 Å². The van der Waals surface area contributed by atoms with Crippen LogP contribution in [0.1, 0.15) is 17.9 Å². The van der Waals surface area contributed by atoms with Crippen molar-refractivity contribution in [3.63, 3.8) is 0 Å². The molecule has 0 aliphatic rings. The molecule has 2 aromatic rings. The first kappa shape index (κ1) is 14.8. The predicted octanol–water partition coefficient (Wildman–Crippen LogP) is 5.84. The van der Waals surface area contributed by atoms with Crippen LogP contribution in [-0.2, 0) is 0 Å². The zero-order chi connectivity index (χ0) is 13.5. The van der Waals surface area contributed by atoms with Crippen molar-refractivity contribution >= 4 is 35.0 Å². The molecule has 2 aromatic carbocycles. The van der Waals surface area contributed by atoms with Gasteiger partial charge in [-0.1, -0.05) is 41.9 Å². The Balaban J connectivity index is 1.89. The molecule has 2 rings (SSSR count). The van der Waals surface area contributed by atoms with E-state index in [9.17, 15) is 0 Å². The first-order chi connectivity index (χ1) is 9.29. The smallest absolute Gasteiger partial charge is 0.0408 e. The van der Waals surface area contributed by atoms with Gasteiger partial charge in [0.25, 0.3) is 0 Å². The second-order valence-electron chi connectivity index (χ2n) is 4.36. The van der Waals surface area contributed by atoms with Crippen LogP contribution in [0.3, 0.4) is 0 Å². The molecule has 0 saturated carbocycles. The summed E-state index contributed by atoms with van der Waals surface area (Å²) in [7, 11) is 0. The molecule has 100 valence electrons. The second-order valence-corrected chi connectivity index (χ2v) is 6.27. The fourth-order valence-corrected chi connectivity index (χ4v) is 3.45. The lowest BCUT2D eigenvalue weighted by Crippen LogP contribution is -2.02. The quantitative estimate of drug-likeness (QED) is 0.476. The van der Waals surface area contributed by atoms with Gasteiger partial charge in [0.1, 0.15) is 0 Å². The Morgan fingerprint density at radius 2 is 1.79 bits per heavy atom. The number of benzene rings is 2. The minimum absolute atomic E-state index is 0.372. The average Bonchev–Trinajstić information content (AvgIpc) is 2.45. The van der Waals surface area contributed by atoms with Crippen LogP contribution in [0.5, 0.6) is 0 Å². The second kappa shape index (κ2) is 7.84. The van der Waals surface area contributed by atoms with E-state index in [0.717, 1.165) is 17.2 Å². The Bertz CT molecular complexity index is 499. The molecule has 0 aromatic heterocycles. The molecule has 0 aliphatic carbocycles. The van der Waals surface area contributed by atoms with Crippen LogP contribution in [0.25, 0.3) is 0 Å². The highest BCUT2D eigenvalue weighted by Gasteiger charge is 2.10. The van der Waals surface area contributed by atoms with Gasteiger partial charge in [0.2, 0.25) is 0 Å². The highest BCUT2D eigenvalue weighted by molar-refractivity contribution is 7.99. The van der Waals surface area contributed by atoms with Gasteiger partial charge >= 0.3 is 0 Å². The summed E-state index contributed by atoms with van der Waals surface area (Å²) >= 11 is 14.0. The summed E-state index contributed by atoms with van der Waals surface area (Å²) in [5.41, 5.74) is 1.23. The molecule has 0 nitrogen and oxygen atoms in total. The van der Waals surface area contributed by atoms with E-state index < -0.39 is 0 Å². The highest BCUT2D eigenvalue weighted by Crippen LogP contribution is 2.27. The Labute approximate surface area is 129 Å². The number of hydrogen-bond donors (Lipinski definition) is 0. The van der Waals surface area contributed by atoms with Crippen molar-refractivity contribution < 1.29 is 0 Å². The van der Waals surface area contributed by atoms with E-state index in [1.54, 1.807) is 0 Å². The maximum Gasteiger partial charge on any atom is 0.0408 e. The fourth-order valence-electron chi connectivity index (χ4n) is 1.93. The number of hydrogen-bond acceptors (Lipinski definition) is 1. The van der Waals surface area contributed by atoms with Gasteiger partial charge in [-0.2, -0.15) is 0 Å². The molecule has 19 heavy (non-hydrogen) atoms. The topological polar surface area (TPSA) is 0 Å². The van der Waals surface area contributed by atoms with E-state index in [0.29, 0.717) is 11.8 Å². The van der Waals surface area contributed by atoms with Crippen LogP contribution in [0.2, 0.25) is 5.02 Å². The van der Waals surface area contributed by atoms with Crippen LogP contribution in [0, 0.1) is 0 Å². The minimum Gasteiger partial charge on any atom is -0.126 e. The van der Waals surface area contributed by atoms with Crippen LogP contribution in [0.4, 0.5) is 0 Å². The van der Waals surface area contributed by atoms with Gasteiger partial charge in [-0.05, 0) is 47.9 Å². The summed E-state index contributed by atoms with van der Waals surface area (Å²) in [5.74, 6) is 2.07. The van der Waals surface area contributed by atoms with Gasteiger partial charge in [0.05, 0.1) is 0 Å². The molecule has 0 aliphatic heterocycles. The molecule has 3 heteroatoms. The van der Waals surface area contributed by atoms with Gasteiger partial charge in [-0.15, -0.1) is 23.4 Å². The largest absolute Gasteiger partial charge is 0.126 e. The van der Waals surface area contributed by atoms with Crippen molar-refractivity contribution in [3.05, 3.63) is 65.2 Å². The summed E-state index contributed by atoms with van der Waals surface area (Å²) in [4.78, 5) is 1.31. The SMILES string of the molecule is ClCC(CCSc1ccccc1)c1cccc(Cl)c1. The normalized spacial score (nSPS) is 12.3. The molecule has 0 N–H and O–H groups in total. The summed E-state index contributed by atoms with van der Waals surface area (Å²) in [6, 6.07) is 18.5. The molecule has 1 atom stereocenters. The Morgan fingerprint density at radius 3 is 2.47 bits per heavy atom. The molecule has 0 radical (unpaired) electrons. The molecule has 0 spiro atoms. The Morgan fingerprint density at radius 1 is 1.00 bits per heavy atom. The molecular weight excluding hydrogens is 295 g/mol. The van der Waals surface area contributed by atoms with Crippen molar-refractivity contribution in [3.8, 4) is 0 Å². The minimum atomic E-state index is 0.372. The van der Waals surface area contributed by atoms with Crippen LogP contribution < -0.4 is 0 Å². The van der Waals surface area contributed by atoms with Gasteiger partial charge in [-0.25, -0.2) is 0 Å².